The Hall–Kier alpha value is -2.82. The second-order valence-electron chi connectivity index (χ2n) is 5.55. The van der Waals surface area contributed by atoms with E-state index in [1.54, 1.807) is 30.3 Å². The zero-order valence-electron chi connectivity index (χ0n) is 14.2. The molecule has 2 aromatic carbocycles. The Kier molecular flexibility index (Phi) is 5.95. The number of hydrogen-bond acceptors (Lipinski definition) is 3. The van der Waals surface area contributed by atoms with Gasteiger partial charge in [0.1, 0.15) is 5.75 Å². The minimum absolute atomic E-state index is 0.283. The van der Waals surface area contributed by atoms with Crippen molar-refractivity contribution in [2.24, 2.45) is 0 Å². The van der Waals surface area contributed by atoms with Crippen LogP contribution in [0.2, 0.25) is 0 Å². The first-order valence-corrected chi connectivity index (χ1v) is 7.94. The van der Waals surface area contributed by atoms with Gasteiger partial charge in [0.05, 0.1) is 5.56 Å². The number of hydrogen-bond donors (Lipinski definition) is 2. The Morgan fingerprint density at radius 1 is 1.08 bits per heavy atom. The fraction of sp³-hybridized carbons (Fsp3) is 0.263. The van der Waals surface area contributed by atoms with Gasteiger partial charge in [0.2, 0.25) is 0 Å². The first-order chi connectivity index (χ1) is 11.5. The van der Waals surface area contributed by atoms with Gasteiger partial charge in [-0.1, -0.05) is 25.1 Å². The number of aryl methyl sites for hydroxylation is 1. The van der Waals surface area contributed by atoms with Crippen LogP contribution in [-0.4, -0.2) is 18.5 Å². The monoisotopic (exact) mass is 326 g/mol. The number of amides is 2. The molecule has 0 spiro atoms. The van der Waals surface area contributed by atoms with Crippen LogP contribution in [0.25, 0.3) is 0 Å². The van der Waals surface area contributed by atoms with Gasteiger partial charge in [-0.25, -0.2) is 9.59 Å². The molecule has 0 atom stereocenters. The van der Waals surface area contributed by atoms with E-state index in [0.29, 0.717) is 23.5 Å². The third-order valence-electron chi connectivity index (χ3n) is 3.66. The highest BCUT2D eigenvalue weighted by Crippen LogP contribution is 2.20. The molecular formula is C19H22N2O3. The van der Waals surface area contributed by atoms with E-state index in [9.17, 15) is 9.59 Å². The van der Waals surface area contributed by atoms with Gasteiger partial charge >= 0.3 is 12.0 Å². The van der Waals surface area contributed by atoms with Gasteiger partial charge in [-0.2, -0.15) is 0 Å². The summed E-state index contributed by atoms with van der Waals surface area (Å²) in [7, 11) is 0. The number of esters is 1. The molecule has 5 nitrogen and oxygen atoms in total. The third-order valence-corrected chi connectivity index (χ3v) is 3.66. The molecular weight excluding hydrogens is 304 g/mol. The van der Waals surface area contributed by atoms with Gasteiger partial charge in [0, 0.05) is 18.3 Å². The third kappa shape index (κ3) is 4.59. The van der Waals surface area contributed by atoms with Crippen LogP contribution in [0.15, 0.2) is 42.5 Å². The highest BCUT2D eigenvalue weighted by atomic mass is 16.5. The van der Waals surface area contributed by atoms with Gasteiger partial charge in [-0.05, 0) is 49.6 Å². The predicted molar refractivity (Wildman–Crippen MR) is 94.6 cm³/mol. The van der Waals surface area contributed by atoms with Crippen molar-refractivity contribution in [3.8, 4) is 5.75 Å². The zero-order chi connectivity index (χ0) is 17.5. The molecule has 24 heavy (non-hydrogen) atoms. The molecule has 0 fully saturated rings. The molecule has 2 N–H and O–H groups in total. The van der Waals surface area contributed by atoms with Crippen molar-refractivity contribution in [1.29, 1.82) is 0 Å². The summed E-state index contributed by atoms with van der Waals surface area (Å²) in [6.07, 6.45) is 0.862. The largest absolute Gasteiger partial charge is 0.423 e. The van der Waals surface area contributed by atoms with Crippen LogP contribution in [0.4, 0.5) is 10.5 Å². The predicted octanol–water partition coefficient (Wildman–Crippen LogP) is 4.05. The Bertz CT molecular complexity index is 741. The first kappa shape index (κ1) is 17.5. The van der Waals surface area contributed by atoms with Gasteiger partial charge in [0.25, 0.3) is 0 Å². The Morgan fingerprint density at radius 3 is 2.58 bits per heavy atom. The van der Waals surface area contributed by atoms with Gasteiger partial charge in [-0.15, -0.1) is 0 Å². The van der Waals surface area contributed by atoms with E-state index in [0.717, 1.165) is 17.5 Å². The molecule has 2 amide bonds. The summed E-state index contributed by atoms with van der Waals surface area (Å²) in [6, 6.07) is 12.0. The molecule has 0 saturated heterocycles. The first-order valence-electron chi connectivity index (χ1n) is 7.94. The molecule has 0 heterocycles. The number of carbonyl (C=O) groups is 2. The highest BCUT2D eigenvalue weighted by Gasteiger charge is 2.13. The molecule has 2 rings (SSSR count). The smallest absolute Gasteiger partial charge is 0.343 e. The molecule has 0 radical (unpaired) electrons. The molecule has 126 valence electrons. The van der Waals surface area contributed by atoms with Crippen molar-refractivity contribution in [1.82, 2.24) is 5.32 Å². The van der Waals surface area contributed by atoms with E-state index < -0.39 is 5.97 Å². The molecule has 0 saturated carbocycles. The lowest BCUT2D eigenvalue weighted by atomic mass is 10.0. The van der Waals surface area contributed by atoms with E-state index in [1.807, 2.05) is 32.9 Å². The lowest BCUT2D eigenvalue weighted by Crippen LogP contribution is -2.29. The van der Waals surface area contributed by atoms with Crippen LogP contribution < -0.4 is 15.4 Å². The number of nitrogens with one attached hydrogen (secondary N) is 2. The van der Waals surface area contributed by atoms with Crippen molar-refractivity contribution in [2.45, 2.75) is 27.2 Å². The summed E-state index contributed by atoms with van der Waals surface area (Å²) >= 11 is 0. The van der Waals surface area contributed by atoms with Crippen molar-refractivity contribution < 1.29 is 14.3 Å². The summed E-state index contributed by atoms with van der Waals surface area (Å²) in [5.74, 6) is -0.0296. The molecule has 5 heteroatoms. The summed E-state index contributed by atoms with van der Waals surface area (Å²) in [5, 5.41) is 5.43. The molecule has 0 aliphatic heterocycles. The van der Waals surface area contributed by atoms with Crippen LogP contribution >= 0.6 is 0 Å². The topological polar surface area (TPSA) is 67.4 Å². The number of urea groups is 1. The number of benzene rings is 2. The van der Waals surface area contributed by atoms with E-state index in [-0.39, 0.29) is 6.03 Å². The van der Waals surface area contributed by atoms with Crippen LogP contribution in [-0.2, 0) is 0 Å². The molecule has 0 aliphatic carbocycles. The maximum atomic E-state index is 12.3. The molecule has 2 aromatic rings. The summed E-state index contributed by atoms with van der Waals surface area (Å²) < 4.78 is 5.43. The zero-order valence-corrected chi connectivity index (χ0v) is 14.2. The van der Waals surface area contributed by atoms with Crippen LogP contribution in [0, 0.1) is 13.8 Å². The average Bonchev–Trinajstić information content (AvgIpc) is 2.55. The van der Waals surface area contributed by atoms with Crippen molar-refractivity contribution in [3.05, 3.63) is 59.2 Å². The Balaban J connectivity index is 2.07. The number of ether oxygens (including phenoxy) is 1. The lowest BCUT2D eigenvalue weighted by molar-refractivity contribution is 0.0734. The fourth-order valence-electron chi connectivity index (χ4n) is 2.19. The SMILES string of the molecule is CCCNC(=O)Nc1cccc(OC(=O)c2cccc(C)c2C)c1. The normalized spacial score (nSPS) is 10.1. The van der Waals surface area contributed by atoms with Gasteiger partial charge in [0.15, 0.2) is 0 Å². The van der Waals surface area contributed by atoms with Crippen LogP contribution in [0.1, 0.15) is 34.8 Å². The van der Waals surface area contributed by atoms with Crippen LogP contribution in [0.5, 0.6) is 5.75 Å². The van der Waals surface area contributed by atoms with Crippen molar-refractivity contribution in [3.63, 3.8) is 0 Å². The number of rotatable bonds is 5. The fourth-order valence-corrected chi connectivity index (χ4v) is 2.19. The number of anilines is 1. The maximum Gasteiger partial charge on any atom is 0.343 e. The van der Waals surface area contributed by atoms with E-state index in [4.69, 9.17) is 4.74 Å². The second-order valence-corrected chi connectivity index (χ2v) is 5.55. The standard InChI is InChI=1S/C19H22N2O3/c1-4-11-20-19(23)21-15-8-6-9-16(12-15)24-18(22)17-10-5-7-13(2)14(17)3/h5-10,12H,4,11H2,1-3H3,(H2,20,21,23). The van der Waals surface area contributed by atoms with Crippen molar-refractivity contribution >= 4 is 17.7 Å². The Morgan fingerprint density at radius 2 is 1.83 bits per heavy atom. The number of carbonyl (C=O) groups excluding carboxylic acids is 2. The minimum atomic E-state index is -0.413. The average molecular weight is 326 g/mol. The summed E-state index contributed by atoms with van der Waals surface area (Å²) in [4.78, 5) is 24.0. The van der Waals surface area contributed by atoms with E-state index in [1.165, 1.54) is 0 Å². The Labute approximate surface area is 142 Å². The quantitative estimate of drug-likeness (QED) is 0.643. The van der Waals surface area contributed by atoms with Gasteiger partial charge in [-0.3, -0.25) is 0 Å². The van der Waals surface area contributed by atoms with Gasteiger partial charge < -0.3 is 15.4 Å². The van der Waals surface area contributed by atoms with Crippen LogP contribution in [0.3, 0.4) is 0 Å². The summed E-state index contributed by atoms with van der Waals surface area (Å²) in [6.45, 7) is 6.42. The molecule has 0 bridgehead atoms. The highest BCUT2D eigenvalue weighted by molar-refractivity contribution is 5.93. The van der Waals surface area contributed by atoms with E-state index >= 15 is 0 Å². The summed E-state index contributed by atoms with van der Waals surface area (Å²) in [5.41, 5.74) is 3.03. The molecule has 0 aliphatic rings. The molecule has 0 aromatic heterocycles. The van der Waals surface area contributed by atoms with E-state index in [2.05, 4.69) is 10.6 Å². The minimum Gasteiger partial charge on any atom is -0.423 e. The maximum absolute atomic E-state index is 12.3. The molecule has 0 unspecified atom stereocenters. The lowest BCUT2D eigenvalue weighted by Gasteiger charge is -2.10. The van der Waals surface area contributed by atoms with Crippen molar-refractivity contribution in [2.75, 3.05) is 11.9 Å². The second kappa shape index (κ2) is 8.15.